The van der Waals surface area contributed by atoms with Crippen molar-refractivity contribution >= 4 is 27.8 Å². The summed E-state index contributed by atoms with van der Waals surface area (Å²) < 4.78 is 0.918. The Morgan fingerprint density at radius 3 is 2.68 bits per heavy atom. The predicted octanol–water partition coefficient (Wildman–Crippen LogP) is 3.05. The van der Waals surface area contributed by atoms with E-state index in [2.05, 4.69) is 15.9 Å². The molecular weight excluding hydrogens is 310 g/mol. The van der Waals surface area contributed by atoms with Crippen molar-refractivity contribution in [2.75, 3.05) is 6.54 Å². The number of benzene rings is 1. The lowest BCUT2D eigenvalue weighted by Crippen LogP contribution is -2.35. The first kappa shape index (κ1) is 15.7. The molecule has 0 aliphatic heterocycles. The van der Waals surface area contributed by atoms with Gasteiger partial charge < -0.3 is 10.0 Å². The average molecular weight is 328 g/mol. The molecule has 0 radical (unpaired) electrons. The first-order chi connectivity index (χ1) is 9.02. The SMILES string of the molecule is CCCCC(=O)N(CC(=O)O)Cc1cccc(Br)c1. The highest BCUT2D eigenvalue weighted by Gasteiger charge is 2.16. The zero-order valence-corrected chi connectivity index (χ0v) is 12.5. The summed E-state index contributed by atoms with van der Waals surface area (Å²) in [4.78, 5) is 24.2. The quantitative estimate of drug-likeness (QED) is 0.837. The maximum atomic E-state index is 12.0. The van der Waals surface area contributed by atoms with E-state index in [1.165, 1.54) is 4.90 Å². The summed E-state index contributed by atoms with van der Waals surface area (Å²) >= 11 is 3.36. The average Bonchev–Trinajstić information content (AvgIpc) is 2.34. The van der Waals surface area contributed by atoms with E-state index in [1.807, 2.05) is 31.2 Å². The van der Waals surface area contributed by atoms with Crippen molar-refractivity contribution in [1.82, 2.24) is 4.90 Å². The molecular formula is C14H18BrNO3. The molecule has 0 heterocycles. The second-order valence-electron chi connectivity index (χ2n) is 4.38. The number of nitrogens with zero attached hydrogens (tertiary/aromatic N) is 1. The molecule has 0 saturated heterocycles. The number of hydrogen-bond acceptors (Lipinski definition) is 2. The van der Waals surface area contributed by atoms with Crippen LogP contribution in [0.2, 0.25) is 0 Å². The molecule has 104 valence electrons. The fourth-order valence-corrected chi connectivity index (χ4v) is 2.18. The molecule has 0 fully saturated rings. The van der Waals surface area contributed by atoms with Crippen LogP contribution >= 0.6 is 15.9 Å². The topological polar surface area (TPSA) is 57.6 Å². The van der Waals surface area contributed by atoms with E-state index < -0.39 is 5.97 Å². The Morgan fingerprint density at radius 2 is 2.11 bits per heavy atom. The Labute approximate surface area is 121 Å². The highest BCUT2D eigenvalue weighted by Crippen LogP contribution is 2.14. The number of rotatable bonds is 7. The monoisotopic (exact) mass is 327 g/mol. The van der Waals surface area contributed by atoms with Gasteiger partial charge in [0.2, 0.25) is 5.91 Å². The number of aliphatic carboxylic acids is 1. The number of unbranched alkanes of at least 4 members (excludes halogenated alkanes) is 1. The number of halogens is 1. The van der Waals surface area contributed by atoms with Gasteiger partial charge in [-0.15, -0.1) is 0 Å². The van der Waals surface area contributed by atoms with E-state index in [-0.39, 0.29) is 12.5 Å². The molecule has 0 aromatic heterocycles. The molecule has 5 heteroatoms. The zero-order chi connectivity index (χ0) is 14.3. The number of hydrogen-bond donors (Lipinski definition) is 1. The smallest absolute Gasteiger partial charge is 0.323 e. The Bertz CT molecular complexity index is 448. The van der Waals surface area contributed by atoms with Crippen LogP contribution in [0.25, 0.3) is 0 Å². The molecule has 0 aliphatic carbocycles. The van der Waals surface area contributed by atoms with Crippen molar-refractivity contribution in [3.05, 3.63) is 34.3 Å². The van der Waals surface area contributed by atoms with Gasteiger partial charge in [0, 0.05) is 17.4 Å². The lowest BCUT2D eigenvalue weighted by atomic mass is 10.2. The van der Waals surface area contributed by atoms with E-state index in [0.29, 0.717) is 13.0 Å². The van der Waals surface area contributed by atoms with Crippen LogP contribution in [0.15, 0.2) is 28.7 Å². The van der Waals surface area contributed by atoms with Crippen molar-refractivity contribution in [3.63, 3.8) is 0 Å². The first-order valence-electron chi connectivity index (χ1n) is 6.27. The van der Waals surface area contributed by atoms with Crippen LogP contribution in [0.5, 0.6) is 0 Å². The highest BCUT2D eigenvalue weighted by molar-refractivity contribution is 9.10. The molecule has 0 spiro atoms. The van der Waals surface area contributed by atoms with Gasteiger partial charge in [-0.1, -0.05) is 41.4 Å². The first-order valence-corrected chi connectivity index (χ1v) is 7.06. The lowest BCUT2D eigenvalue weighted by Gasteiger charge is -2.21. The summed E-state index contributed by atoms with van der Waals surface area (Å²) in [6.45, 7) is 2.08. The third-order valence-corrected chi connectivity index (χ3v) is 3.18. The van der Waals surface area contributed by atoms with Gasteiger partial charge in [-0.3, -0.25) is 9.59 Å². The van der Waals surface area contributed by atoms with Gasteiger partial charge in [-0.05, 0) is 24.1 Å². The third-order valence-electron chi connectivity index (χ3n) is 2.69. The number of carboxylic acid groups (broad SMARTS) is 1. The maximum Gasteiger partial charge on any atom is 0.323 e. The molecule has 0 atom stereocenters. The molecule has 0 bridgehead atoms. The Hall–Kier alpha value is -1.36. The van der Waals surface area contributed by atoms with Crippen LogP contribution in [0.1, 0.15) is 31.7 Å². The summed E-state index contributed by atoms with van der Waals surface area (Å²) in [6.07, 6.45) is 2.11. The Kier molecular flexibility index (Phi) is 6.56. The van der Waals surface area contributed by atoms with Crippen molar-refractivity contribution in [3.8, 4) is 0 Å². The molecule has 19 heavy (non-hydrogen) atoms. The molecule has 1 aromatic carbocycles. The van der Waals surface area contributed by atoms with Gasteiger partial charge >= 0.3 is 5.97 Å². The minimum atomic E-state index is -0.986. The predicted molar refractivity (Wildman–Crippen MR) is 76.7 cm³/mol. The Balaban J connectivity index is 2.73. The Morgan fingerprint density at radius 1 is 1.37 bits per heavy atom. The maximum absolute atomic E-state index is 12.0. The minimum absolute atomic E-state index is 0.107. The molecule has 4 nitrogen and oxygen atoms in total. The summed E-state index contributed by atoms with van der Waals surface area (Å²) in [7, 11) is 0. The van der Waals surface area contributed by atoms with Crippen LogP contribution in [-0.2, 0) is 16.1 Å². The van der Waals surface area contributed by atoms with Crippen molar-refractivity contribution in [2.45, 2.75) is 32.7 Å². The lowest BCUT2D eigenvalue weighted by molar-refractivity contribution is -0.144. The largest absolute Gasteiger partial charge is 0.480 e. The van der Waals surface area contributed by atoms with E-state index in [9.17, 15) is 9.59 Å². The molecule has 0 unspecified atom stereocenters. The van der Waals surface area contributed by atoms with Gasteiger partial charge in [0.1, 0.15) is 6.54 Å². The van der Waals surface area contributed by atoms with Crippen molar-refractivity contribution in [2.24, 2.45) is 0 Å². The molecule has 1 N–H and O–H groups in total. The van der Waals surface area contributed by atoms with Gasteiger partial charge in [-0.2, -0.15) is 0 Å². The normalized spacial score (nSPS) is 10.2. The van der Waals surface area contributed by atoms with Gasteiger partial charge in [0.05, 0.1) is 0 Å². The van der Waals surface area contributed by atoms with Crippen molar-refractivity contribution < 1.29 is 14.7 Å². The summed E-state index contributed by atoms with van der Waals surface area (Å²) in [6, 6.07) is 7.54. The van der Waals surface area contributed by atoms with E-state index >= 15 is 0 Å². The fraction of sp³-hybridized carbons (Fsp3) is 0.429. The van der Waals surface area contributed by atoms with E-state index in [1.54, 1.807) is 0 Å². The van der Waals surface area contributed by atoms with E-state index in [4.69, 9.17) is 5.11 Å². The van der Waals surface area contributed by atoms with Crippen LogP contribution in [-0.4, -0.2) is 28.4 Å². The minimum Gasteiger partial charge on any atom is -0.480 e. The number of carbonyl (C=O) groups is 2. The van der Waals surface area contributed by atoms with E-state index in [0.717, 1.165) is 22.9 Å². The highest BCUT2D eigenvalue weighted by atomic mass is 79.9. The molecule has 1 rings (SSSR count). The van der Waals surface area contributed by atoms with Crippen LogP contribution in [0.4, 0.5) is 0 Å². The van der Waals surface area contributed by atoms with Gasteiger partial charge in [-0.25, -0.2) is 0 Å². The molecule has 1 aromatic rings. The summed E-state index contributed by atoms with van der Waals surface area (Å²) in [5.41, 5.74) is 0.917. The zero-order valence-electron chi connectivity index (χ0n) is 10.9. The summed E-state index contributed by atoms with van der Waals surface area (Å²) in [5.74, 6) is -1.09. The van der Waals surface area contributed by atoms with Crippen LogP contribution in [0.3, 0.4) is 0 Å². The standard InChI is InChI=1S/C14H18BrNO3/c1-2-3-7-13(17)16(10-14(18)19)9-11-5-4-6-12(15)8-11/h4-6,8H,2-3,7,9-10H2,1H3,(H,18,19). The second-order valence-corrected chi connectivity index (χ2v) is 5.29. The fourth-order valence-electron chi connectivity index (χ4n) is 1.74. The van der Waals surface area contributed by atoms with Crippen molar-refractivity contribution in [1.29, 1.82) is 0 Å². The number of amides is 1. The molecule has 0 saturated carbocycles. The molecule has 1 amide bonds. The number of carboxylic acids is 1. The summed E-state index contributed by atoms with van der Waals surface area (Å²) in [5, 5.41) is 8.89. The van der Waals surface area contributed by atoms with Gasteiger partial charge in [0.15, 0.2) is 0 Å². The second kappa shape index (κ2) is 7.94. The van der Waals surface area contributed by atoms with Crippen LogP contribution in [0, 0.1) is 0 Å². The molecule has 0 aliphatic rings. The third kappa shape index (κ3) is 5.87. The van der Waals surface area contributed by atoms with Gasteiger partial charge in [0.25, 0.3) is 0 Å². The van der Waals surface area contributed by atoms with Crippen LogP contribution < -0.4 is 0 Å². The number of carbonyl (C=O) groups excluding carboxylic acids is 1.